The summed E-state index contributed by atoms with van der Waals surface area (Å²) in [4.78, 5) is 11.5. The number of hydrogen-bond donors (Lipinski definition) is 2. The number of H-pyrrole nitrogens is 1. The third-order valence-electron chi connectivity index (χ3n) is 2.69. The number of pyridine rings is 1. The minimum atomic E-state index is 0.109. The average Bonchev–Trinajstić information content (AvgIpc) is 2.81. The van der Waals surface area contributed by atoms with Gasteiger partial charge in [0.05, 0.1) is 24.4 Å². The Labute approximate surface area is 103 Å². The lowest BCUT2D eigenvalue weighted by atomic mass is 10.2. The minimum Gasteiger partial charge on any atom is -0.506 e. The molecule has 0 aliphatic rings. The van der Waals surface area contributed by atoms with E-state index in [1.807, 2.05) is 24.3 Å². The van der Waals surface area contributed by atoms with Gasteiger partial charge in [-0.3, -0.25) is 0 Å². The van der Waals surface area contributed by atoms with Crippen LogP contribution >= 0.6 is 0 Å². The summed E-state index contributed by atoms with van der Waals surface area (Å²) in [5, 5.41) is 9.38. The van der Waals surface area contributed by atoms with Crippen LogP contribution in [0.5, 0.6) is 11.5 Å². The Balaban J connectivity index is 2.19. The lowest BCUT2D eigenvalue weighted by molar-refractivity contribution is 0.416. The first kappa shape index (κ1) is 10.6. The van der Waals surface area contributed by atoms with E-state index in [9.17, 15) is 5.11 Å². The molecule has 3 rings (SSSR count). The van der Waals surface area contributed by atoms with Gasteiger partial charge in [-0.1, -0.05) is 12.1 Å². The van der Waals surface area contributed by atoms with Gasteiger partial charge in [-0.25, -0.2) is 9.97 Å². The number of nitrogens with one attached hydrogen (secondary N) is 1. The molecule has 0 atom stereocenters. The van der Waals surface area contributed by atoms with Crippen molar-refractivity contribution in [3.63, 3.8) is 0 Å². The van der Waals surface area contributed by atoms with E-state index in [1.54, 1.807) is 13.2 Å². The predicted molar refractivity (Wildman–Crippen MR) is 67.5 cm³/mol. The normalized spacial score (nSPS) is 10.7. The quantitative estimate of drug-likeness (QED) is 0.722. The fraction of sp³-hybridized carbons (Fsp3) is 0.0769. The molecule has 0 aliphatic carbocycles. The summed E-state index contributed by atoms with van der Waals surface area (Å²) in [6.45, 7) is 0. The molecular weight excluding hydrogens is 230 g/mol. The summed E-state index contributed by atoms with van der Waals surface area (Å²) in [5.41, 5.74) is 2.11. The maximum Gasteiger partial charge on any atom is 0.178 e. The molecule has 0 unspecified atom stereocenters. The summed E-state index contributed by atoms with van der Waals surface area (Å²) >= 11 is 0. The summed E-state index contributed by atoms with van der Waals surface area (Å²) in [6.07, 6.45) is 1.37. The molecule has 0 amide bonds. The van der Waals surface area contributed by atoms with E-state index in [0.717, 1.165) is 11.3 Å². The number of imidazole rings is 1. The predicted octanol–water partition coefficient (Wildman–Crippen LogP) is 2.34. The number of aromatic amines is 1. The van der Waals surface area contributed by atoms with Crippen molar-refractivity contribution < 1.29 is 9.84 Å². The van der Waals surface area contributed by atoms with Gasteiger partial charge in [-0.15, -0.1) is 0 Å². The Kier molecular flexibility index (Phi) is 2.37. The van der Waals surface area contributed by atoms with Crippen LogP contribution in [0.2, 0.25) is 0 Å². The number of nitrogens with zero attached hydrogens (tertiary/aromatic N) is 2. The molecule has 18 heavy (non-hydrogen) atoms. The molecule has 3 aromatic rings. The van der Waals surface area contributed by atoms with Crippen LogP contribution in [-0.2, 0) is 0 Å². The Morgan fingerprint density at radius 2 is 2.11 bits per heavy atom. The van der Waals surface area contributed by atoms with E-state index < -0.39 is 0 Å². The summed E-state index contributed by atoms with van der Waals surface area (Å²) in [6, 6.07) is 9.18. The molecule has 5 nitrogen and oxygen atoms in total. The number of aromatic hydroxyl groups is 1. The zero-order valence-corrected chi connectivity index (χ0v) is 9.71. The fourth-order valence-electron chi connectivity index (χ4n) is 1.86. The van der Waals surface area contributed by atoms with Crippen molar-refractivity contribution in [2.24, 2.45) is 0 Å². The Morgan fingerprint density at radius 3 is 2.94 bits per heavy atom. The van der Waals surface area contributed by atoms with Crippen molar-refractivity contribution in [1.82, 2.24) is 15.0 Å². The van der Waals surface area contributed by atoms with Crippen LogP contribution < -0.4 is 4.74 Å². The first-order chi connectivity index (χ1) is 8.78. The second-order valence-electron chi connectivity index (χ2n) is 3.85. The zero-order valence-electron chi connectivity index (χ0n) is 9.71. The number of para-hydroxylation sites is 1. The standard InChI is InChI=1S/C13H11N3O2/c1-18-11-5-3-2-4-9(11)12-15-10-6-8(17)7-14-13(10)16-12/h2-7,17H,1H3,(H,14,15,16). The van der Waals surface area contributed by atoms with Crippen molar-refractivity contribution in [2.45, 2.75) is 0 Å². The van der Waals surface area contributed by atoms with Crippen LogP contribution in [0.1, 0.15) is 0 Å². The molecule has 90 valence electrons. The van der Waals surface area contributed by atoms with Crippen LogP contribution in [0, 0.1) is 0 Å². The van der Waals surface area contributed by atoms with Gasteiger partial charge in [0.25, 0.3) is 0 Å². The minimum absolute atomic E-state index is 0.109. The summed E-state index contributed by atoms with van der Waals surface area (Å²) in [5.74, 6) is 1.51. The lowest BCUT2D eigenvalue weighted by Crippen LogP contribution is -1.88. The monoisotopic (exact) mass is 241 g/mol. The maximum absolute atomic E-state index is 9.38. The zero-order chi connectivity index (χ0) is 12.5. The first-order valence-electron chi connectivity index (χ1n) is 5.46. The van der Waals surface area contributed by atoms with E-state index >= 15 is 0 Å². The number of rotatable bonds is 2. The summed E-state index contributed by atoms with van der Waals surface area (Å²) < 4.78 is 5.29. The largest absolute Gasteiger partial charge is 0.506 e. The molecule has 2 N–H and O–H groups in total. The molecule has 2 heterocycles. The van der Waals surface area contributed by atoms with Crippen LogP contribution in [0.3, 0.4) is 0 Å². The van der Waals surface area contributed by atoms with Gasteiger partial charge in [0, 0.05) is 6.07 Å². The molecule has 0 aliphatic heterocycles. The Hall–Kier alpha value is -2.56. The first-order valence-corrected chi connectivity index (χ1v) is 5.46. The third kappa shape index (κ3) is 1.66. The smallest absolute Gasteiger partial charge is 0.178 e. The van der Waals surface area contributed by atoms with Gasteiger partial charge in [0.2, 0.25) is 0 Å². The molecule has 2 aromatic heterocycles. The Morgan fingerprint density at radius 1 is 1.28 bits per heavy atom. The molecule has 0 bridgehead atoms. The van der Waals surface area contributed by atoms with Gasteiger partial charge in [-0.2, -0.15) is 0 Å². The second kappa shape index (κ2) is 4.03. The number of aromatic nitrogens is 3. The van der Waals surface area contributed by atoms with Crippen molar-refractivity contribution in [1.29, 1.82) is 0 Å². The molecule has 0 spiro atoms. The van der Waals surface area contributed by atoms with Crippen LogP contribution in [-0.4, -0.2) is 27.2 Å². The van der Waals surface area contributed by atoms with Crippen LogP contribution in [0.4, 0.5) is 0 Å². The van der Waals surface area contributed by atoms with Crippen LogP contribution in [0.25, 0.3) is 22.6 Å². The number of methoxy groups -OCH3 is 1. The highest BCUT2D eigenvalue weighted by Gasteiger charge is 2.10. The lowest BCUT2D eigenvalue weighted by Gasteiger charge is -2.04. The van der Waals surface area contributed by atoms with E-state index in [-0.39, 0.29) is 5.75 Å². The molecule has 0 saturated heterocycles. The van der Waals surface area contributed by atoms with E-state index in [1.165, 1.54) is 6.20 Å². The third-order valence-corrected chi connectivity index (χ3v) is 2.69. The van der Waals surface area contributed by atoms with Crippen molar-refractivity contribution >= 4 is 11.2 Å². The molecule has 5 heteroatoms. The average molecular weight is 241 g/mol. The number of benzene rings is 1. The molecule has 0 saturated carbocycles. The molecule has 0 radical (unpaired) electrons. The van der Waals surface area contributed by atoms with E-state index in [4.69, 9.17) is 4.74 Å². The fourth-order valence-corrected chi connectivity index (χ4v) is 1.86. The molecular formula is C13H11N3O2. The molecule has 1 aromatic carbocycles. The highest BCUT2D eigenvalue weighted by molar-refractivity contribution is 5.78. The van der Waals surface area contributed by atoms with Gasteiger partial charge in [0.15, 0.2) is 5.65 Å². The van der Waals surface area contributed by atoms with Gasteiger partial charge >= 0.3 is 0 Å². The van der Waals surface area contributed by atoms with Crippen molar-refractivity contribution in [3.05, 3.63) is 36.5 Å². The maximum atomic E-state index is 9.38. The number of fused-ring (bicyclic) bond motifs is 1. The van der Waals surface area contributed by atoms with Gasteiger partial charge in [-0.05, 0) is 12.1 Å². The highest BCUT2D eigenvalue weighted by Crippen LogP contribution is 2.29. The van der Waals surface area contributed by atoms with Gasteiger partial charge in [0.1, 0.15) is 17.3 Å². The number of ether oxygens (including phenoxy) is 1. The topological polar surface area (TPSA) is 71.0 Å². The van der Waals surface area contributed by atoms with Crippen molar-refractivity contribution in [2.75, 3.05) is 7.11 Å². The summed E-state index contributed by atoms with van der Waals surface area (Å²) in [7, 11) is 1.62. The van der Waals surface area contributed by atoms with E-state index in [0.29, 0.717) is 17.0 Å². The van der Waals surface area contributed by atoms with E-state index in [2.05, 4.69) is 15.0 Å². The second-order valence-corrected chi connectivity index (χ2v) is 3.85. The highest BCUT2D eigenvalue weighted by atomic mass is 16.5. The van der Waals surface area contributed by atoms with Crippen molar-refractivity contribution in [3.8, 4) is 22.9 Å². The van der Waals surface area contributed by atoms with Gasteiger partial charge < -0.3 is 14.8 Å². The number of hydrogen-bond acceptors (Lipinski definition) is 4. The Bertz CT molecular complexity index is 706. The van der Waals surface area contributed by atoms with Crippen LogP contribution in [0.15, 0.2) is 36.5 Å². The molecule has 0 fully saturated rings. The SMILES string of the molecule is COc1ccccc1-c1nc2ncc(O)cc2[nH]1.